The highest BCUT2D eigenvalue weighted by Crippen LogP contribution is 2.28. The van der Waals surface area contributed by atoms with Crippen LogP contribution in [0.5, 0.6) is 5.75 Å². The third-order valence-electron chi connectivity index (χ3n) is 3.14. The molecule has 0 aliphatic carbocycles. The fraction of sp³-hybridized carbons (Fsp3) is 0.143. The van der Waals surface area contributed by atoms with Crippen LogP contribution in [0.15, 0.2) is 34.4 Å². The summed E-state index contributed by atoms with van der Waals surface area (Å²) in [5.41, 5.74) is 0.754. The number of thiophene rings is 1. The Morgan fingerprint density at radius 2 is 2.22 bits per heavy atom. The van der Waals surface area contributed by atoms with E-state index in [-0.39, 0.29) is 41.8 Å². The number of fused-ring (bicyclic) bond motifs is 1. The van der Waals surface area contributed by atoms with E-state index >= 15 is 0 Å². The second-order valence-corrected chi connectivity index (χ2v) is 5.62. The Hall–Kier alpha value is -2.62. The molecule has 0 bridgehead atoms. The summed E-state index contributed by atoms with van der Waals surface area (Å²) in [6.45, 7) is -0.244. The van der Waals surface area contributed by atoms with Gasteiger partial charge in [0.1, 0.15) is 4.70 Å². The zero-order valence-corrected chi connectivity index (χ0v) is 12.6. The number of aromatic amines is 1. The summed E-state index contributed by atoms with van der Waals surface area (Å²) in [5, 5.41) is 35.8. The quantitative estimate of drug-likeness (QED) is 0.513. The van der Waals surface area contributed by atoms with Gasteiger partial charge in [0.25, 0.3) is 5.56 Å². The molecule has 4 N–H and O–H groups in total. The Morgan fingerprint density at radius 1 is 1.39 bits per heavy atom. The van der Waals surface area contributed by atoms with Crippen molar-refractivity contribution in [3.63, 3.8) is 0 Å². The number of hydrogen-bond donors (Lipinski definition) is 4. The van der Waals surface area contributed by atoms with Gasteiger partial charge in [0.2, 0.25) is 5.95 Å². The summed E-state index contributed by atoms with van der Waals surface area (Å²) in [7, 11) is 0. The number of aliphatic hydroxyl groups is 1. The summed E-state index contributed by atoms with van der Waals surface area (Å²) in [6.07, 6.45) is 0. The molecule has 2 heterocycles. The molecule has 0 aliphatic rings. The van der Waals surface area contributed by atoms with E-state index in [9.17, 15) is 15.1 Å². The SMILES string of the molecule is O=c1[nH]c(Nc2ccc(N(O)CCO)cc2[O-])nc2ccsc12. The number of anilines is 3. The lowest BCUT2D eigenvalue weighted by molar-refractivity contribution is -0.267. The summed E-state index contributed by atoms with van der Waals surface area (Å²) < 4.78 is 0.521. The molecule has 0 amide bonds. The van der Waals surface area contributed by atoms with Crippen LogP contribution in [-0.4, -0.2) is 33.4 Å². The van der Waals surface area contributed by atoms with Crippen molar-refractivity contribution in [2.24, 2.45) is 0 Å². The molecule has 0 radical (unpaired) electrons. The van der Waals surface area contributed by atoms with Gasteiger partial charge in [-0.05, 0) is 29.6 Å². The van der Waals surface area contributed by atoms with Crippen molar-refractivity contribution >= 4 is 38.9 Å². The van der Waals surface area contributed by atoms with Gasteiger partial charge in [0.15, 0.2) is 0 Å². The van der Waals surface area contributed by atoms with Gasteiger partial charge in [0.05, 0.1) is 24.4 Å². The van der Waals surface area contributed by atoms with Gasteiger partial charge in [-0.2, -0.15) is 0 Å². The summed E-state index contributed by atoms with van der Waals surface area (Å²) in [6, 6.07) is 5.93. The van der Waals surface area contributed by atoms with Crippen LogP contribution in [0.4, 0.5) is 17.3 Å². The van der Waals surface area contributed by atoms with Gasteiger partial charge >= 0.3 is 0 Å². The van der Waals surface area contributed by atoms with E-state index < -0.39 is 0 Å². The zero-order chi connectivity index (χ0) is 16.4. The van der Waals surface area contributed by atoms with E-state index in [2.05, 4.69) is 15.3 Å². The fourth-order valence-corrected chi connectivity index (χ4v) is 2.78. The van der Waals surface area contributed by atoms with Crippen molar-refractivity contribution in [2.75, 3.05) is 23.5 Å². The average molecular weight is 333 g/mol. The number of rotatable bonds is 5. The number of nitrogens with zero attached hydrogens (tertiary/aromatic N) is 2. The van der Waals surface area contributed by atoms with Crippen molar-refractivity contribution in [1.82, 2.24) is 9.97 Å². The topological polar surface area (TPSA) is 125 Å². The Balaban J connectivity index is 1.88. The molecular formula is C14H13N4O4S-. The highest BCUT2D eigenvalue weighted by atomic mass is 32.1. The normalized spacial score (nSPS) is 10.9. The highest BCUT2D eigenvalue weighted by molar-refractivity contribution is 7.17. The number of aromatic nitrogens is 2. The first kappa shape index (κ1) is 15.3. The maximum atomic E-state index is 12.1. The predicted octanol–water partition coefficient (Wildman–Crippen LogP) is 0.990. The van der Waals surface area contributed by atoms with Crippen molar-refractivity contribution in [3.05, 3.63) is 40.0 Å². The van der Waals surface area contributed by atoms with Gasteiger partial charge in [-0.1, -0.05) is 5.75 Å². The summed E-state index contributed by atoms with van der Waals surface area (Å²) in [4.78, 5) is 18.7. The van der Waals surface area contributed by atoms with E-state index in [4.69, 9.17) is 5.11 Å². The second kappa shape index (κ2) is 6.24. The van der Waals surface area contributed by atoms with Crippen LogP contribution >= 0.6 is 11.3 Å². The minimum absolute atomic E-state index is 0.00405. The first-order chi connectivity index (χ1) is 11.1. The molecule has 1 aromatic carbocycles. The second-order valence-electron chi connectivity index (χ2n) is 4.70. The molecule has 23 heavy (non-hydrogen) atoms. The third-order valence-corrected chi connectivity index (χ3v) is 4.05. The lowest BCUT2D eigenvalue weighted by Crippen LogP contribution is -2.22. The Bertz CT molecular complexity index is 892. The van der Waals surface area contributed by atoms with Crippen molar-refractivity contribution < 1.29 is 15.4 Å². The lowest BCUT2D eigenvalue weighted by Gasteiger charge is -2.20. The monoisotopic (exact) mass is 333 g/mol. The molecule has 0 saturated carbocycles. The van der Waals surface area contributed by atoms with Crippen LogP contribution in [0, 0.1) is 0 Å². The minimum atomic E-state index is -0.382. The third kappa shape index (κ3) is 3.11. The average Bonchev–Trinajstić information content (AvgIpc) is 2.98. The zero-order valence-electron chi connectivity index (χ0n) is 11.8. The van der Waals surface area contributed by atoms with E-state index in [0.717, 1.165) is 5.06 Å². The largest absolute Gasteiger partial charge is 0.871 e. The van der Waals surface area contributed by atoms with Gasteiger partial charge in [-0.3, -0.25) is 20.0 Å². The number of benzene rings is 1. The van der Waals surface area contributed by atoms with Crippen LogP contribution in [0.2, 0.25) is 0 Å². The van der Waals surface area contributed by atoms with Crippen LogP contribution in [0.25, 0.3) is 10.2 Å². The van der Waals surface area contributed by atoms with Crippen LogP contribution < -0.4 is 21.0 Å². The molecule has 0 fully saturated rings. The van der Waals surface area contributed by atoms with E-state index in [1.807, 2.05) is 0 Å². The molecule has 0 unspecified atom stereocenters. The van der Waals surface area contributed by atoms with Crippen LogP contribution in [0.3, 0.4) is 0 Å². The van der Waals surface area contributed by atoms with Crippen LogP contribution in [0.1, 0.15) is 0 Å². The standard InChI is InChI=1S/C14H14N4O4S/c19-5-4-18(22)8-1-2-9(11(20)7-8)15-14-16-10-3-6-23-12(10)13(21)17-14/h1-3,6-7,19-20,22H,4-5H2,(H2,15,16,17,21)/p-1. The van der Waals surface area contributed by atoms with Crippen molar-refractivity contribution in [1.29, 1.82) is 0 Å². The van der Waals surface area contributed by atoms with Gasteiger partial charge in [-0.25, -0.2) is 4.98 Å². The molecule has 8 nitrogen and oxygen atoms in total. The van der Waals surface area contributed by atoms with Crippen molar-refractivity contribution in [3.8, 4) is 5.75 Å². The Morgan fingerprint density at radius 3 is 2.96 bits per heavy atom. The molecular weight excluding hydrogens is 320 g/mol. The lowest BCUT2D eigenvalue weighted by atomic mass is 10.2. The molecule has 0 spiro atoms. The Labute approximate surface area is 134 Å². The predicted molar refractivity (Wildman–Crippen MR) is 85.6 cm³/mol. The molecule has 120 valence electrons. The molecule has 2 aromatic heterocycles. The summed E-state index contributed by atoms with van der Waals surface area (Å²) >= 11 is 1.29. The maximum absolute atomic E-state index is 12.1. The van der Waals surface area contributed by atoms with Gasteiger partial charge in [0, 0.05) is 5.69 Å². The van der Waals surface area contributed by atoms with Gasteiger partial charge < -0.3 is 15.5 Å². The van der Waals surface area contributed by atoms with E-state index in [0.29, 0.717) is 10.2 Å². The molecule has 9 heteroatoms. The Kier molecular flexibility index (Phi) is 4.15. The van der Waals surface area contributed by atoms with E-state index in [1.54, 1.807) is 11.4 Å². The number of hydroxylamine groups is 1. The van der Waals surface area contributed by atoms with Crippen molar-refractivity contribution in [2.45, 2.75) is 0 Å². The molecule has 0 saturated heterocycles. The maximum Gasteiger partial charge on any atom is 0.270 e. The highest BCUT2D eigenvalue weighted by Gasteiger charge is 2.07. The molecule has 3 aromatic rings. The first-order valence-electron chi connectivity index (χ1n) is 6.71. The number of hydrogen-bond acceptors (Lipinski definition) is 8. The fourth-order valence-electron chi connectivity index (χ4n) is 2.06. The minimum Gasteiger partial charge on any atom is -0.871 e. The smallest absolute Gasteiger partial charge is 0.270 e. The number of H-pyrrole nitrogens is 1. The van der Waals surface area contributed by atoms with E-state index in [1.165, 1.54) is 29.5 Å². The molecule has 0 atom stereocenters. The van der Waals surface area contributed by atoms with Gasteiger partial charge in [-0.15, -0.1) is 11.3 Å². The number of aliphatic hydroxyl groups excluding tert-OH is 1. The molecule has 3 rings (SSSR count). The number of nitrogens with one attached hydrogen (secondary N) is 2. The molecule has 0 aliphatic heterocycles. The summed E-state index contributed by atoms with van der Waals surface area (Å²) in [5.74, 6) is -0.213. The first-order valence-corrected chi connectivity index (χ1v) is 7.59. The van der Waals surface area contributed by atoms with Crippen LogP contribution in [-0.2, 0) is 0 Å².